The van der Waals surface area contributed by atoms with Crippen molar-refractivity contribution < 1.29 is 13.2 Å². The van der Waals surface area contributed by atoms with Gasteiger partial charge in [0.2, 0.25) is 0 Å². The molecule has 0 amide bonds. The van der Waals surface area contributed by atoms with E-state index in [1.54, 1.807) is 36.4 Å². The van der Waals surface area contributed by atoms with Gasteiger partial charge in [0.05, 0.1) is 16.2 Å². The molecule has 0 saturated heterocycles. The first-order valence-electron chi connectivity index (χ1n) is 7.83. The molecule has 0 unspecified atom stereocenters. The van der Waals surface area contributed by atoms with Gasteiger partial charge in [-0.05, 0) is 55.3 Å². The lowest BCUT2D eigenvalue weighted by atomic mass is 10.1. The number of hydrogen-bond donors (Lipinski definition) is 1. The molecule has 0 radical (unpaired) electrons. The predicted molar refractivity (Wildman–Crippen MR) is 95.0 cm³/mol. The Kier molecular flexibility index (Phi) is 3.54. The van der Waals surface area contributed by atoms with Crippen molar-refractivity contribution in [2.24, 2.45) is 0 Å². The Morgan fingerprint density at radius 2 is 1.84 bits per heavy atom. The van der Waals surface area contributed by atoms with Crippen LogP contribution in [0.4, 0.5) is 11.5 Å². The summed E-state index contributed by atoms with van der Waals surface area (Å²) in [5, 5.41) is 3.95. The van der Waals surface area contributed by atoms with Crippen molar-refractivity contribution in [2.75, 3.05) is 11.1 Å². The van der Waals surface area contributed by atoms with Gasteiger partial charge >= 0.3 is 0 Å². The van der Waals surface area contributed by atoms with E-state index in [1.165, 1.54) is 13.3 Å². The summed E-state index contributed by atoms with van der Waals surface area (Å²) < 4.78 is 24.3. The molecule has 1 aliphatic heterocycles. The maximum Gasteiger partial charge on any atom is 0.179 e. The second-order valence-corrected chi connectivity index (χ2v) is 8.06. The molecule has 7 heteroatoms. The number of carbonyl (C=O) groups excluding carboxylic acids is 1. The van der Waals surface area contributed by atoms with Gasteiger partial charge in [0.25, 0.3) is 0 Å². The van der Waals surface area contributed by atoms with Crippen LogP contribution in [0.15, 0.2) is 47.6 Å². The van der Waals surface area contributed by atoms with E-state index >= 15 is 0 Å². The van der Waals surface area contributed by atoms with Gasteiger partial charge in [0.1, 0.15) is 12.1 Å². The van der Waals surface area contributed by atoms with E-state index in [4.69, 9.17) is 0 Å². The van der Waals surface area contributed by atoms with E-state index in [2.05, 4.69) is 15.3 Å². The molecule has 25 heavy (non-hydrogen) atoms. The number of fused-ring (bicyclic) bond motifs is 3. The van der Waals surface area contributed by atoms with Gasteiger partial charge in [-0.15, -0.1) is 0 Å². The van der Waals surface area contributed by atoms with Gasteiger partial charge in [-0.3, -0.25) is 4.79 Å². The van der Waals surface area contributed by atoms with Crippen LogP contribution in [0.1, 0.15) is 22.8 Å². The fourth-order valence-electron chi connectivity index (χ4n) is 3.11. The van der Waals surface area contributed by atoms with Crippen LogP contribution < -0.4 is 5.32 Å². The largest absolute Gasteiger partial charge is 0.340 e. The van der Waals surface area contributed by atoms with Crippen LogP contribution in [0, 0.1) is 0 Å². The van der Waals surface area contributed by atoms with Crippen LogP contribution in [-0.4, -0.2) is 29.9 Å². The minimum Gasteiger partial charge on any atom is -0.340 e. The topological polar surface area (TPSA) is 89.0 Å². The second kappa shape index (κ2) is 5.63. The van der Waals surface area contributed by atoms with Crippen molar-refractivity contribution >= 4 is 38.0 Å². The van der Waals surface area contributed by atoms with Crippen LogP contribution in [0.3, 0.4) is 0 Å². The number of benzene rings is 2. The van der Waals surface area contributed by atoms with Gasteiger partial charge in [0, 0.05) is 16.6 Å². The Hall–Kier alpha value is -2.80. The minimum absolute atomic E-state index is 0.00191. The number of carbonyl (C=O) groups is 1. The molecular formula is C18H15N3O3S. The molecule has 4 rings (SSSR count). The first kappa shape index (κ1) is 15.7. The number of Topliss-reactive ketones (excluding diaryl/α,β-unsaturated/α-hetero) is 1. The Morgan fingerprint density at radius 3 is 2.56 bits per heavy atom. The van der Waals surface area contributed by atoms with E-state index in [0.29, 0.717) is 28.2 Å². The fraction of sp³-hybridized carbons (Fsp3) is 0.167. The molecule has 2 heterocycles. The molecule has 1 N–H and O–H groups in total. The highest BCUT2D eigenvalue weighted by molar-refractivity contribution is 7.91. The molecule has 0 aliphatic carbocycles. The van der Waals surface area contributed by atoms with Gasteiger partial charge in [0.15, 0.2) is 15.6 Å². The van der Waals surface area contributed by atoms with Crippen LogP contribution in [0.25, 0.3) is 10.9 Å². The molecule has 2 aromatic carbocycles. The zero-order valence-corrected chi connectivity index (χ0v) is 14.3. The number of aromatic nitrogens is 2. The number of nitrogens with zero attached hydrogens (tertiary/aromatic N) is 2. The zero-order valence-electron chi connectivity index (χ0n) is 13.5. The highest BCUT2D eigenvalue weighted by Gasteiger charge is 2.29. The van der Waals surface area contributed by atoms with Crippen LogP contribution in [-0.2, 0) is 16.3 Å². The fourth-order valence-corrected chi connectivity index (χ4v) is 4.65. The Bertz CT molecular complexity index is 1110. The minimum atomic E-state index is -3.22. The summed E-state index contributed by atoms with van der Waals surface area (Å²) in [6.07, 6.45) is 1.91. The first-order chi connectivity index (χ1) is 12.0. The molecule has 0 saturated carbocycles. The Labute approximate surface area is 144 Å². The van der Waals surface area contributed by atoms with Gasteiger partial charge in [-0.2, -0.15) is 0 Å². The number of nitrogens with one attached hydrogen (secondary N) is 1. The van der Waals surface area contributed by atoms with Crippen molar-refractivity contribution in [1.82, 2.24) is 9.97 Å². The third-order valence-corrected chi connectivity index (χ3v) is 6.17. The average molecular weight is 353 g/mol. The first-order valence-corrected chi connectivity index (χ1v) is 9.48. The van der Waals surface area contributed by atoms with Crippen LogP contribution in [0.5, 0.6) is 0 Å². The molecule has 0 bridgehead atoms. The van der Waals surface area contributed by atoms with Gasteiger partial charge in [-0.1, -0.05) is 0 Å². The Balaban J connectivity index is 1.83. The maximum atomic E-state index is 12.2. The third kappa shape index (κ3) is 2.66. The number of rotatable bonds is 3. The summed E-state index contributed by atoms with van der Waals surface area (Å²) >= 11 is 0. The number of sulfone groups is 1. The van der Waals surface area contributed by atoms with E-state index in [0.717, 1.165) is 16.6 Å². The lowest BCUT2D eigenvalue weighted by Gasteiger charge is -2.11. The molecule has 3 aromatic rings. The molecule has 0 fully saturated rings. The van der Waals surface area contributed by atoms with E-state index in [1.807, 2.05) is 0 Å². The standard InChI is InChI=1S/C18H15N3O3S/c1-11(22)12-2-4-13(5-3-12)21-18-17-14-8-9-25(23,24)16(14)7-6-15(17)19-10-20-18/h2-7,10H,8-9H2,1H3,(H,19,20,21). The lowest BCUT2D eigenvalue weighted by molar-refractivity contribution is 0.101. The average Bonchev–Trinajstić information content (AvgIpc) is 2.91. The number of anilines is 2. The zero-order chi connectivity index (χ0) is 17.6. The van der Waals surface area contributed by atoms with E-state index < -0.39 is 9.84 Å². The summed E-state index contributed by atoms with van der Waals surface area (Å²) in [4.78, 5) is 20.3. The van der Waals surface area contributed by atoms with Crippen LogP contribution >= 0.6 is 0 Å². The summed E-state index contributed by atoms with van der Waals surface area (Å²) in [5.74, 6) is 0.680. The number of aryl methyl sites for hydroxylation is 1. The van der Waals surface area contributed by atoms with Crippen molar-refractivity contribution in [3.63, 3.8) is 0 Å². The number of hydrogen-bond acceptors (Lipinski definition) is 6. The normalized spacial score (nSPS) is 15.1. The van der Waals surface area contributed by atoms with E-state index in [9.17, 15) is 13.2 Å². The SMILES string of the molecule is CC(=O)c1ccc(Nc2ncnc3ccc4c(c23)CCS4(=O)=O)cc1. The lowest BCUT2D eigenvalue weighted by Crippen LogP contribution is -2.00. The smallest absolute Gasteiger partial charge is 0.179 e. The predicted octanol–water partition coefficient (Wildman–Crippen LogP) is 2.91. The van der Waals surface area contributed by atoms with Gasteiger partial charge < -0.3 is 5.32 Å². The van der Waals surface area contributed by atoms with Gasteiger partial charge in [-0.25, -0.2) is 18.4 Å². The van der Waals surface area contributed by atoms with Crippen LogP contribution in [0.2, 0.25) is 0 Å². The summed E-state index contributed by atoms with van der Waals surface area (Å²) in [6.45, 7) is 1.52. The van der Waals surface area contributed by atoms with Crippen molar-refractivity contribution in [1.29, 1.82) is 0 Å². The molecule has 1 aliphatic rings. The maximum absolute atomic E-state index is 12.2. The van der Waals surface area contributed by atoms with Crippen molar-refractivity contribution in [2.45, 2.75) is 18.2 Å². The molecule has 126 valence electrons. The highest BCUT2D eigenvalue weighted by atomic mass is 32.2. The van der Waals surface area contributed by atoms with E-state index in [-0.39, 0.29) is 11.5 Å². The molecule has 0 atom stereocenters. The molecule has 1 aromatic heterocycles. The summed E-state index contributed by atoms with van der Waals surface area (Å²) in [7, 11) is -3.22. The Morgan fingerprint density at radius 1 is 1.08 bits per heavy atom. The summed E-state index contributed by atoms with van der Waals surface area (Å²) in [6, 6.07) is 10.4. The molecular weight excluding hydrogens is 338 g/mol. The quantitative estimate of drug-likeness (QED) is 0.728. The molecule has 0 spiro atoms. The second-order valence-electron chi connectivity index (χ2n) is 5.99. The monoisotopic (exact) mass is 353 g/mol. The summed E-state index contributed by atoms with van der Waals surface area (Å²) in [5.41, 5.74) is 2.86. The third-order valence-electron chi connectivity index (χ3n) is 4.38. The van der Waals surface area contributed by atoms with Crippen molar-refractivity contribution in [3.05, 3.63) is 53.9 Å². The van der Waals surface area contributed by atoms with Crippen molar-refractivity contribution in [3.8, 4) is 0 Å². The number of ketones is 1. The highest BCUT2D eigenvalue weighted by Crippen LogP contribution is 2.35. The molecule has 6 nitrogen and oxygen atoms in total.